The molecule has 1 heterocycles. The van der Waals surface area contributed by atoms with Crippen LogP contribution in [0.5, 0.6) is 17.2 Å². The summed E-state index contributed by atoms with van der Waals surface area (Å²) >= 11 is 0. The molecule has 2 aromatic rings. The number of fused-ring (bicyclic) bond motifs is 3. The summed E-state index contributed by atoms with van der Waals surface area (Å²) < 4.78 is 16.6. The highest BCUT2D eigenvalue weighted by atomic mass is 16.5. The van der Waals surface area contributed by atoms with Crippen LogP contribution in [0.1, 0.15) is 49.5 Å². The van der Waals surface area contributed by atoms with Crippen LogP contribution in [0.25, 0.3) is 16.8 Å². The van der Waals surface area contributed by atoms with E-state index in [9.17, 15) is 9.90 Å². The van der Waals surface area contributed by atoms with Crippen LogP contribution < -0.4 is 9.47 Å². The number of ether oxygens (including phenoxy) is 3. The van der Waals surface area contributed by atoms with E-state index in [1.165, 1.54) is 25.9 Å². The molecule has 0 spiro atoms. The van der Waals surface area contributed by atoms with Crippen molar-refractivity contribution in [3.63, 3.8) is 0 Å². The summed E-state index contributed by atoms with van der Waals surface area (Å²) in [6, 6.07) is 5.06. The van der Waals surface area contributed by atoms with E-state index in [0.29, 0.717) is 16.5 Å². The third-order valence-corrected chi connectivity index (χ3v) is 5.00. The fourth-order valence-electron chi connectivity index (χ4n) is 3.49. The zero-order valence-corrected chi connectivity index (χ0v) is 17.0. The van der Waals surface area contributed by atoms with Crippen LogP contribution in [0.3, 0.4) is 0 Å². The first-order chi connectivity index (χ1) is 13.3. The zero-order valence-electron chi connectivity index (χ0n) is 17.0. The van der Waals surface area contributed by atoms with Gasteiger partial charge in [-0.25, -0.2) is 4.79 Å². The van der Waals surface area contributed by atoms with Crippen LogP contribution in [0.4, 0.5) is 0 Å². The van der Waals surface area contributed by atoms with Gasteiger partial charge >= 0.3 is 5.97 Å². The molecule has 0 radical (unpaired) electrons. The average Bonchev–Trinajstić information content (AvgIpc) is 2.66. The fourth-order valence-corrected chi connectivity index (χ4v) is 3.49. The number of carbonyl (C=O) groups is 1. The molecule has 1 unspecified atom stereocenters. The molecule has 28 heavy (non-hydrogen) atoms. The number of aromatic hydroxyl groups is 1. The maximum atomic E-state index is 12.0. The average molecular weight is 382 g/mol. The van der Waals surface area contributed by atoms with Gasteiger partial charge in [-0.3, -0.25) is 0 Å². The third-order valence-electron chi connectivity index (χ3n) is 5.00. The van der Waals surface area contributed by atoms with Crippen LogP contribution in [-0.4, -0.2) is 30.9 Å². The van der Waals surface area contributed by atoms with Gasteiger partial charge in [0.15, 0.2) is 0 Å². The number of phenolic OH excluding ortho intramolecular Hbond substituents is 1. The Morgan fingerprint density at radius 1 is 1.29 bits per heavy atom. The van der Waals surface area contributed by atoms with Gasteiger partial charge in [0, 0.05) is 16.3 Å². The van der Waals surface area contributed by atoms with Crippen molar-refractivity contribution in [1.29, 1.82) is 0 Å². The predicted octanol–water partition coefficient (Wildman–Crippen LogP) is 5.25. The van der Waals surface area contributed by atoms with Crippen molar-refractivity contribution < 1.29 is 24.1 Å². The van der Waals surface area contributed by atoms with Gasteiger partial charge in [0.25, 0.3) is 0 Å². The van der Waals surface area contributed by atoms with E-state index in [2.05, 4.69) is 26.8 Å². The lowest BCUT2D eigenvalue weighted by atomic mass is 9.91. The molecular formula is C23H26O5. The minimum Gasteiger partial charge on any atom is -0.506 e. The van der Waals surface area contributed by atoms with E-state index in [1.807, 2.05) is 18.2 Å². The van der Waals surface area contributed by atoms with Crippen molar-refractivity contribution in [2.24, 2.45) is 0 Å². The number of phenols is 1. The van der Waals surface area contributed by atoms with E-state index < -0.39 is 11.6 Å². The van der Waals surface area contributed by atoms with Gasteiger partial charge in [0.1, 0.15) is 28.4 Å². The number of hydrogen-bond acceptors (Lipinski definition) is 5. The molecule has 1 aliphatic rings. The van der Waals surface area contributed by atoms with E-state index in [1.54, 1.807) is 6.07 Å². The number of allylic oxidation sites excluding steroid dienone is 2. The molecule has 148 valence electrons. The molecule has 0 aromatic heterocycles. The first-order valence-electron chi connectivity index (χ1n) is 9.26. The Kier molecular flexibility index (Phi) is 5.36. The molecule has 5 heteroatoms. The second-order valence-corrected chi connectivity index (χ2v) is 7.43. The Morgan fingerprint density at radius 3 is 2.68 bits per heavy atom. The van der Waals surface area contributed by atoms with Crippen LogP contribution in [0, 0.1) is 0 Å². The standard InChI is InChI=1S/C23H26O5/c1-14(2)7-6-11-23(3)12-10-15-18(28-23)9-8-16-20(15)19(26-4)13-17(21(16)24)22(25)27-5/h7-10,12-13,24H,6,11H2,1-5H3. The lowest BCUT2D eigenvalue weighted by molar-refractivity contribution is 0.0597. The Bertz CT molecular complexity index is 982. The normalized spacial score (nSPS) is 17.6. The molecule has 0 saturated heterocycles. The van der Waals surface area contributed by atoms with Gasteiger partial charge < -0.3 is 19.3 Å². The summed E-state index contributed by atoms with van der Waals surface area (Å²) in [6.45, 7) is 6.23. The lowest BCUT2D eigenvalue weighted by Gasteiger charge is -2.32. The smallest absolute Gasteiger partial charge is 0.341 e. The van der Waals surface area contributed by atoms with Crippen molar-refractivity contribution in [2.75, 3.05) is 14.2 Å². The molecule has 3 rings (SSSR count). The van der Waals surface area contributed by atoms with Gasteiger partial charge in [-0.1, -0.05) is 17.7 Å². The van der Waals surface area contributed by atoms with Gasteiger partial charge in [0.2, 0.25) is 0 Å². The number of methoxy groups -OCH3 is 2. The predicted molar refractivity (Wildman–Crippen MR) is 110 cm³/mol. The molecule has 5 nitrogen and oxygen atoms in total. The summed E-state index contributed by atoms with van der Waals surface area (Å²) in [4.78, 5) is 12.0. The summed E-state index contributed by atoms with van der Waals surface area (Å²) in [7, 11) is 2.81. The fraction of sp³-hybridized carbons (Fsp3) is 0.348. The van der Waals surface area contributed by atoms with Gasteiger partial charge in [-0.05, 0) is 57.9 Å². The SMILES string of the molecule is COC(=O)c1cc(OC)c2c3c(ccc2c1O)OC(C)(CCC=C(C)C)C=C3. The van der Waals surface area contributed by atoms with Crippen molar-refractivity contribution in [3.8, 4) is 17.2 Å². The van der Waals surface area contributed by atoms with E-state index in [0.717, 1.165) is 24.2 Å². The van der Waals surface area contributed by atoms with Crippen LogP contribution in [0.2, 0.25) is 0 Å². The highest BCUT2D eigenvalue weighted by molar-refractivity contribution is 6.07. The Balaban J connectivity index is 2.09. The third kappa shape index (κ3) is 3.57. The molecule has 2 aromatic carbocycles. The molecule has 1 atom stereocenters. The Morgan fingerprint density at radius 2 is 2.04 bits per heavy atom. The topological polar surface area (TPSA) is 65.0 Å². The maximum Gasteiger partial charge on any atom is 0.341 e. The monoisotopic (exact) mass is 382 g/mol. The minimum atomic E-state index is -0.617. The van der Waals surface area contributed by atoms with E-state index >= 15 is 0 Å². The lowest BCUT2D eigenvalue weighted by Crippen LogP contribution is -2.31. The van der Waals surface area contributed by atoms with Gasteiger partial charge in [-0.15, -0.1) is 0 Å². The molecular weight excluding hydrogens is 356 g/mol. The Labute approximate surface area is 165 Å². The van der Waals surface area contributed by atoms with Crippen molar-refractivity contribution in [1.82, 2.24) is 0 Å². The maximum absolute atomic E-state index is 12.0. The van der Waals surface area contributed by atoms with Crippen LogP contribution >= 0.6 is 0 Å². The summed E-state index contributed by atoms with van der Waals surface area (Å²) in [5, 5.41) is 11.8. The largest absolute Gasteiger partial charge is 0.506 e. The van der Waals surface area contributed by atoms with Crippen molar-refractivity contribution in [2.45, 2.75) is 39.2 Å². The summed E-state index contributed by atoms with van der Waals surface area (Å²) in [5.74, 6) is 0.453. The second-order valence-electron chi connectivity index (χ2n) is 7.43. The highest BCUT2D eigenvalue weighted by Crippen LogP contribution is 2.45. The molecule has 0 fully saturated rings. The number of carbonyl (C=O) groups excluding carboxylic acids is 1. The summed E-state index contributed by atoms with van der Waals surface area (Å²) in [5.41, 5.74) is 1.77. The number of rotatable bonds is 5. The van der Waals surface area contributed by atoms with E-state index in [4.69, 9.17) is 14.2 Å². The molecule has 0 aliphatic carbocycles. The first-order valence-corrected chi connectivity index (χ1v) is 9.26. The van der Waals surface area contributed by atoms with Crippen LogP contribution in [0.15, 0.2) is 35.9 Å². The highest BCUT2D eigenvalue weighted by Gasteiger charge is 2.29. The molecule has 0 saturated carbocycles. The Hall–Kier alpha value is -2.95. The van der Waals surface area contributed by atoms with Crippen molar-refractivity contribution >= 4 is 22.8 Å². The van der Waals surface area contributed by atoms with Crippen LogP contribution in [-0.2, 0) is 4.74 Å². The quantitative estimate of drug-likeness (QED) is 0.565. The molecule has 0 amide bonds. The van der Waals surface area contributed by atoms with Gasteiger partial charge in [-0.2, -0.15) is 0 Å². The second kappa shape index (κ2) is 7.58. The number of benzene rings is 2. The number of hydrogen-bond donors (Lipinski definition) is 1. The molecule has 1 aliphatic heterocycles. The summed E-state index contributed by atoms with van der Waals surface area (Å²) in [6.07, 6.45) is 8.03. The molecule has 1 N–H and O–H groups in total. The van der Waals surface area contributed by atoms with E-state index in [-0.39, 0.29) is 11.3 Å². The number of esters is 1. The van der Waals surface area contributed by atoms with Gasteiger partial charge in [0.05, 0.1) is 14.2 Å². The minimum absolute atomic E-state index is 0.0686. The zero-order chi connectivity index (χ0) is 20.5. The van der Waals surface area contributed by atoms with Crippen molar-refractivity contribution in [3.05, 3.63) is 47.1 Å². The first kappa shape index (κ1) is 19.8. The molecule has 0 bridgehead atoms.